The molecule has 0 heterocycles. The van der Waals surface area contributed by atoms with Gasteiger partial charge in [-0.2, -0.15) is 0 Å². The quantitative estimate of drug-likeness (QED) is 0.764. The Bertz CT molecular complexity index is 661. The Morgan fingerprint density at radius 1 is 1.30 bits per heavy atom. The van der Waals surface area contributed by atoms with Gasteiger partial charge in [0.1, 0.15) is 11.5 Å². The first-order valence-corrected chi connectivity index (χ1v) is 7.10. The summed E-state index contributed by atoms with van der Waals surface area (Å²) in [5.74, 6) is 0.303. The van der Waals surface area contributed by atoms with Gasteiger partial charge in [-0.25, -0.2) is 0 Å². The molecule has 0 radical (unpaired) electrons. The lowest BCUT2D eigenvalue weighted by Gasteiger charge is -2.09. The summed E-state index contributed by atoms with van der Waals surface area (Å²) >= 11 is 8.00. The Balaban J connectivity index is 2.25. The molecule has 0 saturated heterocycles. The third-order valence-corrected chi connectivity index (χ3v) is 3.87. The minimum Gasteiger partial charge on any atom is -0.507 e. The number of hydrogen-bond donors (Lipinski definition) is 2. The van der Waals surface area contributed by atoms with Crippen molar-refractivity contribution >= 4 is 45.8 Å². The van der Waals surface area contributed by atoms with E-state index < -0.39 is 0 Å². The van der Waals surface area contributed by atoms with Crippen molar-refractivity contribution in [1.82, 2.24) is 0 Å². The number of carbonyl (C=O) groups is 1. The van der Waals surface area contributed by atoms with Crippen LogP contribution in [0.2, 0.25) is 5.02 Å². The smallest absolute Gasteiger partial charge is 0.255 e. The minimum absolute atomic E-state index is 0.0648. The highest BCUT2D eigenvalue weighted by molar-refractivity contribution is 14.1. The molecule has 2 aromatic rings. The van der Waals surface area contributed by atoms with Gasteiger partial charge >= 0.3 is 0 Å². The third-order valence-electron chi connectivity index (χ3n) is 2.63. The van der Waals surface area contributed by atoms with Crippen LogP contribution in [0, 0.1) is 3.57 Å². The largest absolute Gasteiger partial charge is 0.507 e. The van der Waals surface area contributed by atoms with E-state index >= 15 is 0 Å². The number of carbonyl (C=O) groups excluding carboxylic acids is 1. The van der Waals surface area contributed by atoms with Gasteiger partial charge in [0.25, 0.3) is 5.91 Å². The predicted molar refractivity (Wildman–Crippen MR) is 86.8 cm³/mol. The van der Waals surface area contributed by atoms with Crippen LogP contribution in [0.25, 0.3) is 0 Å². The molecule has 0 aliphatic carbocycles. The van der Waals surface area contributed by atoms with Crippen molar-refractivity contribution < 1.29 is 14.6 Å². The van der Waals surface area contributed by atoms with Gasteiger partial charge in [-0.3, -0.25) is 4.79 Å². The first-order chi connectivity index (χ1) is 9.51. The van der Waals surface area contributed by atoms with Crippen LogP contribution in [0.3, 0.4) is 0 Å². The van der Waals surface area contributed by atoms with Gasteiger partial charge in [-0.15, -0.1) is 0 Å². The number of anilines is 1. The van der Waals surface area contributed by atoms with Crippen molar-refractivity contribution in [3.05, 3.63) is 50.6 Å². The lowest BCUT2D eigenvalue weighted by Crippen LogP contribution is -2.12. The lowest BCUT2D eigenvalue weighted by molar-refractivity contribution is 0.102. The average Bonchev–Trinajstić information content (AvgIpc) is 2.44. The average molecular weight is 404 g/mol. The summed E-state index contributed by atoms with van der Waals surface area (Å²) in [4.78, 5) is 12.1. The number of phenolic OH excluding ortho intramolecular Hbond substituents is 1. The van der Waals surface area contributed by atoms with Gasteiger partial charge in [0.2, 0.25) is 0 Å². The molecule has 0 atom stereocenters. The summed E-state index contributed by atoms with van der Waals surface area (Å²) in [6.45, 7) is 0. The molecule has 20 heavy (non-hydrogen) atoms. The van der Waals surface area contributed by atoms with Crippen LogP contribution >= 0.6 is 34.2 Å². The molecule has 2 aromatic carbocycles. The number of phenols is 1. The molecule has 6 heteroatoms. The summed E-state index contributed by atoms with van der Waals surface area (Å²) < 4.78 is 5.76. The molecule has 0 aliphatic heterocycles. The Morgan fingerprint density at radius 2 is 2.05 bits per heavy atom. The third kappa shape index (κ3) is 3.34. The zero-order valence-electron chi connectivity index (χ0n) is 10.5. The van der Waals surface area contributed by atoms with Crippen LogP contribution in [0.5, 0.6) is 11.5 Å². The van der Waals surface area contributed by atoms with Crippen molar-refractivity contribution in [2.75, 3.05) is 12.4 Å². The molecule has 0 bridgehead atoms. The number of benzene rings is 2. The molecule has 0 unspecified atom stereocenters. The first kappa shape index (κ1) is 14.9. The fourth-order valence-electron chi connectivity index (χ4n) is 1.58. The number of ether oxygens (including phenoxy) is 1. The van der Waals surface area contributed by atoms with E-state index in [9.17, 15) is 9.90 Å². The maximum atomic E-state index is 12.1. The van der Waals surface area contributed by atoms with Crippen LogP contribution in [0.15, 0.2) is 36.4 Å². The zero-order chi connectivity index (χ0) is 14.7. The SMILES string of the molecule is COc1ccc(Cl)c(NC(=O)c2ccc(I)c(O)c2)c1. The van der Waals surface area contributed by atoms with E-state index in [0.717, 1.165) is 0 Å². The van der Waals surface area contributed by atoms with Crippen molar-refractivity contribution in [3.63, 3.8) is 0 Å². The molecule has 104 valence electrons. The molecule has 2 rings (SSSR count). The van der Waals surface area contributed by atoms with Gasteiger partial charge < -0.3 is 15.2 Å². The summed E-state index contributed by atoms with van der Waals surface area (Å²) in [7, 11) is 1.53. The molecular formula is C14H11ClINO3. The van der Waals surface area contributed by atoms with Crippen LogP contribution in [-0.4, -0.2) is 18.1 Å². The number of hydrogen-bond acceptors (Lipinski definition) is 3. The number of nitrogens with one attached hydrogen (secondary N) is 1. The van der Waals surface area contributed by atoms with Crippen LogP contribution in [-0.2, 0) is 0 Å². The van der Waals surface area contributed by atoms with Gasteiger partial charge in [0.05, 0.1) is 21.4 Å². The Kier molecular flexibility index (Phi) is 4.72. The van der Waals surface area contributed by atoms with Crippen molar-refractivity contribution in [2.24, 2.45) is 0 Å². The van der Waals surface area contributed by atoms with E-state index in [-0.39, 0.29) is 11.7 Å². The molecule has 4 nitrogen and oxygen atoms in total. The summed E-state index contributed by atoms with van der Waals surface area (Å²) in [5, 5.41) is 12.7. The number of methoxy groups -OCH3 is 1. The highest BCUT2D eigenvalue weighted by atomic mass is 127. The normalized spacial score (nSPS) is 10.2. The highest BCUT2D eigenvalue weighted by Gasteiger charge is 2.11. The first-order valence-electron chi connectivity index (χ1n) is 5.64. The molecule has 0 spiro atoms. The van der Waals surface area contributed by atoms with Gasteiger partial charge in [0, 0.05) is 11.6 Å². The molecule has 0 fully saturated rings. The number of halogens is 2. The van der Waals surface area contributed by atoms with E-state index in [0.29, 0.717) is 25.6 Å². The second-order valence-electron chi connectivity index (χ2n) is 3.97. The maximum Gasteiger partial charge on any atom is 0.255 e. The van der Waals surface area contributed by atoms with E-state index in [4.69, 9.17) is 16.3 Å². The minimum atomic E-state index is -0.355. The Labute approximate surface area is 134 Å². The molecule has 2 N–H and O–H groups in total. The van der Waals surface area contributed by atoms with E-state index in [1.54, 1.807) is 30.3 Å². The van der Waals surface area contributed by atoms with Crippen molar-refractivity contribution in [3.8, 4) is 11.5 Å². The highest BCUT2D eigenvalue weighted by Crippen LogP contribution is 2.27. The fourth-order valence-corrected chi connectivity index (χ4v) is 2.08. The predicted octanol–water partition coefficient (Wildman–Crippen LogP) is 3.91. The number of rotatable bonds is 3. The second-order valence-corrected chi connectivity index (χ2v) is 5.54. The Morgan fingerprint density at radius 3 is 2.70 bits per heavy atom. The van der Waals surface area contributed by atoms with Gasteiger partial charge in [0.15, 0.2) is 0 Å². The fraction of sp³-hybridized carbons (Fsp3) is 0.0714. The topological polar surface area (TPSA) is 58.6 Å². The summed E-state index contributed by atoms with van der Waals surface area (Å²) in [6, 6.07) is 9.68. The molecule has 1 amide bonds. The van der Waals surface area contributed by atoms with Crippen molar-refractivity contribution in [1.29, 1.82) is 0 Å². The monoisotopic (exact) mass is 403 g/mol. The maximum absolute atomic E-state index is 12.1. The molecule has 0 saturated carbocycles. The molecule has 0 aromatic heterocycles. The van der Waals surface area contributed by atoms with Crippen LogP contribution < -0.4 is 10.1 Å². The van der Waals surface area contributed by atoms with E-state index in [1.165, 1.54) is 13.2 Å². The van der Waals surface area contributed by atoms with Gasteiger partial charge in [-0.05, 0) is 52.9 Å². The lowest BCUT2D eigenvalue weighted by atomic mass is 10.2. The molecular weight excluding hydrogens is 393 g/mol. The standard InChI is InChI=1S/C14H11ClINO3/c1-20-9-3-4-10(15)12(7-9)17-14(19)8-2-5-11(16)13(18)6-8/h2-7,18H,1H3,(H,17,19). The van der Waals surface area contributed by atoms with Crippen LogP contribution in [0.4, 0.5) is 5.69 Å². The zero-order valence-corrected chi connectivity index (χ0v) is 13.4. The molecule has 0 aliphatic rings. The van der Waals surface area contributed by atoms with Gasteiger partial charge in [-0.1, -0.05) is 11.6 Å². The second kappa shape index (κ2) is 6.32. The number of aromatic hydroxyl groups is 1. The Hall–Kier alpha value is -1.47. The van der Waals surface area contributed by atoms with E-state index in [1.807, 2.05) is 22.6 Å². The summed E-state index contributed by atoms with van der Waals surface area (Å²) in [5.41, 5.74) is 0.802. The number of amides is 1. The van der Waals surface area contributed by atoms with E-state index in [2.05, 4.69) is 5.32 Å². The summed E-state index contributed by atoms with van der Waals surface area (Å²) in [6.07, 6.45) is 0. The van der Waals surface area contributed by atoms with Crippen LogP contribution in [0.1, 0.15) is 10.4 Å². The van der Waals surface area contributed by atoms with Crippen molar-refractivity contribution in [2.45, 2.75) is 0 Å².